The number of carbonyl (C=O) groups is 2. The van der Waals surface area contributed by atoms with Crippen LogP contribution in [0.15, 0.2) is 47.5 Å². The third-order valence-corrected chi connectivity index (χ3v) is 5.03. The number of aromatic nitrogens is 2. The number of ether oxygens (including phenoxy) is 1. The van der Waals surface area contributed by atoms with Crippen molar-refractivity contribution in [2.24, 2.45) is 0 Å². The van der Waals surface area contributed by atoms with Gasteiger partial charge in [-0.2, -0.15) is 0 Å². The molecule has 1 saturated heterocycles. The van der Waals surface area contributed by atoms with Crippen molar-refractivity contribution in [1.29, 1.82) is 0 Å². The molecule has 0 aliphatic carbocycles. The van der Waals surface area contributed by atoms with E-state index < -0.39 is 6.09 Å². The zero-order valence-corrected chi connectivity index (χ0v) is 16.2. The van der Waals surface area contributed by atoms with Crippen LogP contribution >= 0.6 is 24.2 Å². The van der Waals surface area contributed by atoms with Gasteiger partial charge < -0.3 is 4.74 Å². The lowest BCUT2D eigenvalue weighted by Crippen LogP contribution is -2.29. The van der Waals surface area contributed by atoms with Crippen LogP contribution in [0.5, 0.6) is 0 Å². The lowest BCUT2D eigenvalue weighted by Gasteiger charge is -2.10. The van der Waals surface area contributed by atoms with Gasteiger partial charge in [-0.3, -0.25) is 9.20 Å². The minimum Gasteiger partial charge on any atom is -0.404 e. The molecule has 2 aromatic heterocycles. The largest absolute Gasteiger partial charge is 0.422 e. The molecule has 26 heavy (non-hydrogen) atoms. The Hall–Kier alpha value is -1.99. The molecule has 0 aromatic carbocycles. The first-order chi connectivity index (χ1) is 12.2. The maximum atomic E-state index is 12.1. The van der Waals surface area contributed by atoms with Gasteiger partial charge in [0, 0.05) is 18.9 Å². The third-order valence-electron chi connectivity index (χ3n) is 3.91. The van der Waals surface area contributed by atoms with Crippen molar-refractivity contribution in [2.75, 3.05) is 12.3 Å². The highest BCUT2D eigenvalue weighted by atomic mass is 35.5. The molecular formula is C18H22ClN3O3S. The number of hydrogen-bond acceptors (Lipinski definition) is 5. The van der Waals surface area contributed by atoms with E-state index in [1.54, 1.807) is 24.0 Å². The van der Waals surface area contributed by atoms with Gasteiger partial charge in [0.15, 0.2) is 5.76 Å². The Morgan fingerprint density at radius 2 is 2.12 bits per heavy atom. The van der Waals surface area contributed by atoms with Crippen LogP contribution in [-0.2, 0) is 9.53 Å². The molecule has 140 valence electrons. The highest BCUT2D eigenvalue weighted by Crippen LogP contribution is 2.22. The van der Waals surface area contributed by atoms with Crippen LogP contribution in [0.3, 0.4) is 0 Å². The molecule has 0 atom stereocenters. The van der Waals surface area contributed by atoms with Crippen molar-refractivity contribution >= 4 is 41.8 Å². The van der Waals surface area contributed by atoms with Gasteiger partial charge in [0.05, 0.1) is 5.03 Å². The van der Waals surface area contributed by atoms with E-state index in [1.807, 2.05) is 25.3 Å². The molecule has 2 amide bonds. The van der Waals surface area contributed by atoms with Gasteiger partial charge in [-0.1, -0.05) is 19.4 Å². The summed E-state index contributed by atoms with van der Waals surface area (Å²) in [6.07, 6.45) is 8.18. The van der Waals surface area contributed by atoms with Crippen LogP contribution in [-0.4, -0.2) is 38.6 Å². The number of cyclic esters (lactones) is 1. The lowest BCUT2D eigenvalue weighted by molar-refractivity contribution is -0.123. The summed E-state index contributed by atoms with van der Waals surface area (Å²) >= 11 is 1.74. The Balaban J connectivity index is 0.00000243. The Kier molecular flexibility index (Phi) is 7.53. The van der Waals surface area contributed by atoms with E-state index in [-0.39, 0.29) is 24.1 Å². The van der Waals surface area contributed by atoms with Crippen molar-refractivity contribution in [3.63, 3.8) is 0 Å². The quantitative estimate of drug-likeness (QED) is 0.379. The molecule has 1 aliphatic heterocycles. The van der Waals surface area contributed by atoms with E-state index in [0.717, 1.165) is 42.1 Å². The summed E-state index contributed by atoms with van der Waals surface area (Å²) < 4.78 is 7.09. The monoisotopic (exact) mass is 395 g/mol. The molecular weight excluding hydrogens is 374 g/mol. The number of thioether (sulfide) groups is 1. The number of halogens is 1. The summed E-state index contributed by atoms with van der Waals surface area (Å²) in [5.41, 5.74) is 0.932. The predicted molar refractivity (Wildman–Crippen MR) is 104 cm³/mol. The number of allylic oxidation sites excluding steroid dienone is 1. The Morgan fingerprint density at radius 3 is 2.92 bits per heavy atom. The van der Waals surface area contributed by atoms with Gasteiger partial charge in [0.1, 0.15) is 5.65 Å². The summed E-state index contributed by atoms with van der Waals surface area (Å²) in [4.78, 5) is 29.4. The van der Waals surface area contributed by atoms with Crippen LogP contribution in [0.2, 0.25) is 0 Å². The van der Waals surface area contributed by atoms with Gasteiger partial charge in [-0.15, -0.1) is 24.2 Å². The van der Waals surface area contributed by atoms with Gasteiger partial charge >= 0.3 is 6.09 Å². The van der Waals surface area contributed by atoms with Crippen LogP contribution < -0.4 is 0 Å². The number of carbonyl (C=O) groups excluding carboxylic acids is 2. The molecule has 2 aromatic rings. The van der Waals surface area contributed by atoms with Gasteiger partial charge in [-0.25, -0.2) is 14.7 Å². The van der Waals surface area contributed by atoms with Crippen molar-refractivity contribution in [1.82, 2.24) is 14.3 Å². The van der Waals surface area contributed by atoms with Gasteiger partial charge in [0.25, 0.3) is 5.91 Å². The molecule has 3 heterocycles. The molecule has 0 saturated carbocycles. The van der Waals surface area contributed by atoms with Crippen molar-refractivity contribution in [3.05, 3.63) is 42.4 Å². The number of unbranched alkanes of at least 4 members (excludes halogenated alkanes) is 2. The molecule has 0 bridgehead atoms. The summed E-state index contributed by atoms with van der Waals surface area (Å²) in [5, 5.41) is 1.14. The zero-order valence-electron chi connectivity index (χ0n) is 14.6. The molecule has 3 rings (SSSR count). The van der Waals surface area contributed by atoms with E-state index in [2.05, 4.69) is 15.5 Å². The number of hydrogen-bond donors (Lipinski definition) is 0. The summed E-state index contributed by atoms with van der Waals surface area (Å²) in [5.74, 6) is 0.773. The Bertz CT molecular complexity index is 806. The number of imidazole rings is 1. The minimum absolute atomic E-state index is 0. The second-order valence-electron chi connectivity index (χ2n) is 5.76. The standard InChI is InChI=1S/C18H21N3O3S.ClH/c1-2-3-7-14-17(22)21(18(23)24-14)11-4-5-13-25-16-9-6-8-15-19-10-12-20(15)16;/h6-10,12H,2-5,11,13H2,1H3;1H/b14-7+;. The number of imide groups is 1. The number of fused-ring (bicyclic) bond motifs is 1. The summed E-state index contributed by atoms with van der Waals surface area (Å²) in [7, 11) is 0. The average Bonchev–Trinajstić information content (AvgIpc) is 3.19. The van der Waals surface area contributed by atoms with E-state index in [0.29, 0.717) is 6.54 Å². The Labute approximate surface area is 163 Å². The molecule has 0 radical (unpaired) electrons. The maximum absolute atomic E-state index is 12.1. The first kappa shape index (κ1) is 20.3. The van der Waals surface area contributed by atoms with Crippen LogP contribution in [0, 0.1) is 0 Å². The fourth-order valence-electron chi connectivity index (χ4n) is 2.59. The Morgan fingerprint density at radius 1 is 1.27 bits per heavy atom. The van der Waals surface area contributed by atoms with Crippen LogP contribution in [0.4, 0.5) is 4.79 Å². The molecule has 0 spiro atoms. The maximum Gasteiger partial charge on any atom is 0.422 e. The molecule has 0 unspecified atom stereocenters. The average molecular weight is 396 g/mol. The van der Waals surface area contributed by atoms with Gasteiger partial charge in [-0.05, 0) is 43.2 Å². The highest BCUT2D eigenvalue weighted by Gasteiger charge is 2.35. The van der Waals surface area contributed by atoms with Crippen LogP contribution in [0.25, 0.3) is 5.65 Å². The summed E-state index contributed by atoms with van der Waals surface area (Å²) in [6, 6.07) is 6.03. The topological polar surface area (TPSA) is 63.9 Å². The molecule has 6 nitrogen and oxygen atoms in total. The highest BCUT2D eigenvalue weighted by molar-refractivity contribution is 7.99. The van der Waals surface area contributed by atoms with Crippen molar-refractivity contribution in [3.8, 4) is 0 Å². The van der Waals surface area contributed by atoms with E-state index in [1.165, 1.54) is 4.90 Å². The van der Waals surface area contributed by atoms with E-state index >= 15 is 0 Å². The lowest BCUT2D eigenvalue weighted by atomic mass is 10.3. The second kappa shape index (κ2) is 9.64. The smallest absolute Gasteiger partial charge is 0.404 e. The number of amides is 2. The van der Waals surface area contributed by atoms with Gasteiger partial charge in [0.2, 0.25) is 0 Å². The molecule has 1 aliphatic rings. The van der Waals surface area contributed by atoms with E-state index in [9.17, 15) is 9.59 Å². The number of rotatable bonds is 8. The predicted octanol–water partition coefficient (Wildman–Crippen LogP) is 4.29. The number of nitrogens with zero attached hydrogens (tertiary/aromatic N) is 3. The molecule has 1 fully saturated rings. The minimum atomic E-state index is -0.553. The van der Waals surface area contributed by atoms with E-state index in [4.69, 9.17) is 4.74 Å². The zero-order chi connectivity index (χ0) is 17.6. The third kappa shape index (κ3) is 4.59. The van der Waals surface area contributed by atoms with Crippen LogP contribution in [0.1, 0.15) is 32.6 Å². The SMILES string of the molecule is CCC/C=C1/OC(=O)N(CCCCSc2cccc3nccn23)C1=O.Cl. The number of pyridine rings is 1. The second-order valence-corrected chi connectivity index (χ2v) is 6.87. The molecule has 8 heteroatoms. The normalized spacial score (nSPS) is 15.6. The fraction of sp³-hybridized carbons (Fsp3) is 0.389. The van der Waals surface area contributed by atoms with Crippen molar-refractivity contribution in [2.45, 2.75) is 37.6 Å². The summed E-state index contributed by atoms with van der Waals surface area (Å²) in [6.45, 7) is 2.41. The molecule has 0 N–H and O–H groups in total. The first-order valence-corrected chi connectivity index (χ1v) is 9.48. The first-order valence-electron chi connectivity index (χ1n) is 8.49. The fourth-order valence-corrected chi connectivity index (χ4v) is 3.62. The van der Waals surface area contributed by atoms with Crippen molar-refractivity contribution < 1.29 is 14.3 Å².